The first-order valence-electron chi connectivity index (χ1n) is 13.1. The summed E-state index contributed by atoms with van der Waals surface area (Å²) in [4.78, 5) is 42.1. The number of ether oxygens (including phenoxy) is 1. The zero-order valence-corrected chi connectivity index (χ0v) is 23.5. The van der Waals surface area contributed by atoms with Gasteiger partial charge in [-0.15, -0.1) is 0 Å². The lowest BCUT2D eigenvalue weighted by molar-refractivity contribution is -0.140. The van der Waals surface area contributed by atoms with Gasteiger partial charge in [0.15, 0.2) is 0 Å². The number of phenolic OH excluding ortho intramolecular Hbond substituents is 2. The van der Waals surface area contributed by atoms with Gasteiger partial charge in [-0.1, -0.05) is 42.5 Å². The fourth-order valence-corrected chi connectivity index (χ4v) is 4.23. The number of alkyl carbamates (subject to hydrolysis) is 1. The number of hydrogen-bond donors (Lipinski definition) is 4. The van der Waals surface area contributed by atoms with Crippen LogP contribution in [0.5, 0.6) is 11.5 Å². The van der Waals surface area contributed by atoms with Crippen molar-refractivity contribution in [3.63, 3.8) is 0 Å². The minimum absolute atomic E-state index is 0.0213. The summed E-state index contributed by atoms with van der Waals surface area (Å²) < 4.78 is 5.42. The van der Waals surface area contributed by atoms with Crippen LogP contribution in [0.15, 0.2) is 72.8 Å². The number of benzene rings is 3. The average molecular weight is 548 g/mol. The summed E-state index contributed by atoms with van der Waals surface area (Å²) in [6, 6.07) is 17.6. The molecule has 2 atom stereocenters. The van der Waals surface area contributed by atoms with Gasteiger partial charge in [-0.05, 0) is 81.6 Å². The highest BCUT2D eigenvalue weighted by molar-refractivity contribution is 5.99. The van der Waals surface area contributed by atoms with Crippen LogP contribution in [-0.2, 0) is 20.7 Å². The molecule has 0 saturated carbocycles. The Balaban J connectivity index is 2.00. The Morgan fingerprint density at radius 2 is 1.48 bits per heavy atom. The van der Waals surface area contributed by atoms with Crippen molar-refractivity contribution in [2.45, 2.75) is 58.7 Å². The summed E-state index contributed by atoms with van der Waals surface area (Å²) in [6.45, 7) is 8.92. The van der Waals surface area contributed by atoms with E-state index < -0.39 is 35.6 Å². The molecule has 2 unspecified atom stereocenters. The Hall–Kier alpha value is -4.53. The van der Waals surface area contributed by atoms with Gasteiger partial charge in [0.2, 0.25) is 5.91 Å². The van der Waals surface area contributed by atoms with Crippen molar-refractivity contribution in [1.82, 2.24) is 10.2 Å². The Morgan fingerprint density at radius 1 is 0.900 bits per heavy atom. The largest absolute Gasteiger partial charge is 0.508 e. The maximum Gasteiger partial charge on any atom is 0.408 e. The molecule has 0 aliphatic rings. The van der Waals surface area contributed by atoms with Gasteiger partial charge in [0, 0.05) is 18.7 Å². The molecule has 4 N–H and O–H groups in total. The summed E-state index contributed by atoms with van der Waals surface area (Å²) in [5.41, 5.74) is 1.84. The van der Waals surface area contributed by atoms with E-state index in [2.05, 4.69) is 10.6 Å². The predicted octanol–water partition coefficient (Wildman–Crippen LogP) is 5.07. The van der Waals surface area contributed by atoms with Crippen molar-refractivity contribution < 1.29 is 29.3 Å². The van der Waals surface area contributed by atoms with Crippen LogP contribution in [-0.4, -0.2) is 51.2 Å². The van der Waals surface area contributed by atoms with Crippen LogP contribution in [0.4, 0.5) is 10.5 Å². The van der Waals surface area contributed by atoms with Gasteiger partial charge < -0.3 is 30.5 Å². The number of likely N-dealkylation sites (N-methyl/N-ethyl adjacent to an activating group) is 1. The van der Waals surface area contributed by atoms with Gasteiger partial charge in [0.25, 0.3) is 5.91 Å². The topological polar surface area (TPSA) is 128 Å². The fourth-order valence-electron chi connectivity index (χ4n) is 4.23. The highest BCUT2D eigenvalue weighted by Crippen LogP contribution is 2.27. The second kappa shape index (κ2) is 13.0. The first kappa shape index (κ1) is 30.0. The van der Waals surface area contributed by atoms with Crippen molar-refractivity contribution in [3.8, 4) is 11.5 Å². The van der Waals surface area contributed by atoms with E-state index in [0.717, 1.165) is 5.56 Å². The van der Waals surface area contributed by atoms with E-state index in [1.54, 1.807) is 64.1 Å². The summed E-state index contributed by atoms with van der Waals surface area (Å²) in [6.07, 6.45) is -0.678. The number of carbonyl (C=O) groups excluding carboxylic acids is 3. The van der Waals surface area contributed by atoms with Gasteiger partial charge in [-0.25, -0.2) is 4.79 Å². The van der Waals surface area contributed by atoms with Crippen LogP contribution in [0.2, 0.25) is 0 Å². The van der Waals surface area contributed by atoms with E-state index in [1.165, 1.54) is 29.2 Å². The molecule has 0 bridgehead atoms. The number of amides is 3. The van der Waals surface area contributed by atoms with Crippen molar-refractivity contribution in [2.24, 2.45) is 0 Å². The van der Waals surface area contributed by atoms with E-state index >= 15 is 0 Å². The quantitative estimate of drug-likeness (QED) is 0.296. The van der Waals surface area contributed by atoms with Crippen molar-refractivity contribution in [1.29, 1.82) is 0 Å². The molecule has 0 radical (unpaired) electrons. The van der Waals surface area contributed by atoms with E-state index in [1.807, 2.05) is 19.1 Å². The second-order valence-corrected chi connectivity index (χ2v) is 10.5. The number of anilines is 1. The molecule has 0 heterocycles. The number of aromatic hydroxyl groups is 2. The minimum Gasteiger partial charge on any atom is -0.508 e. The van der Waals surface area contributed by atoms with Crippen LogP contribution in [0.3, 0.4) is 0 Å². The number of phenols is 2. The molecule has 9 heteroatoms. The third kappa shape index (κ3) is 8.23. The van der Waals surface area contributed by atoms with Crippen LogP contribution >= 0.6 is 0 Å². The molecule has 0 aromatic heterocycles. The minimum atomic E-state index is -1.08. The molecule has 0 aliphatic carbocycles. The smallest absolute Gasteiger partial charge is 0.408 e. The van der Waals surface area contributed by atoms with Crippen molar-refractivity contribution in [2.75, 3.05) is 11.9 Å². The number of hydrogen-bond acceptors (Lipinski definition) is 6. The lowest BCUT2D eigenvalue weighted by Crippen LogP contribution is -2.53. The molecule has 0 saturated heterocycles. The zero-order valence-electron chi connectivity index (χ0n) is 23.5. The summed E-state index contributed by atoms with van der Waals surface area (Å²) in [5, 5.41) is 25.2. The van der Waals surface area contributed by atoms with Crippen LogP contribution < -0.4 is 10.6 Å². The van der Waals surface area contributed by atoms with E-state index in [9.17, 15) is 24.6 Å². The van der Waals surface area contributed by atoms with Crippen LogP contribution in [0.25, 0.3) is 0 Å². The van der Waals surface area contributed by atoms with Crippen LogP contribution in [0, 0.1) is 6.92 Å². The number of nitrogens with zero attached hydrogens (tertiary/aromatic N) is 1. The SMILES string of the molecule is CCN(C(=O)C(Cc1ccc(O)cc1)NC(=O)OC(C)(C)C)C(C(=O)Nc1ccccc1C)c1ccc(O)cc1. The van der Waals surface area contributed by atoms with Crippen molar-refractivity contribution in [3.05, 3.63) is 89.5 Å². The highest BCUT2D eigenvalue weighted by Gasteiger charge is 2.36. The summed E-state index contributed by atoms with van der Waals surface area (Å²) in [7, 11) is 0. The summed E-state index contributed by atoms with van der Waals surface area (Å²) >= 11 is 0. The van der Waals surface area contributed by atoms with Gasteiger partial charge in [-0.2, -0.15) is 0 Å². The fraction of sp³-hybridized carbons (Fsp3) is 0.323. The van der Waals surface area contributed by atoms with Gasteiger partial charge in [-0.3, -0.25) is 9.59 Å². The number of nitrogens with one attached hydrogen (secondary N) is 2. The van der Waals surface area contributed by atoms with Crippen molar-refractivity contribution >= 4 is 23.6 Å². The normalized spacial score (nSPS) is 12.6. The first-order valence-corrected chi connectivity index (χ1v) is 13.1. The van der Waals surface area contributed by atoms with Crippen LogP contribution in [0.1, 0.15) is 50.4 Å². The molecule has 212 valence electrons. The Bertz CT molecular complexity index is 1320. The number of para-hydroxylation sites is 1. The van der Waals surface area contributed by atoms with Gasteiger partial charge in [0.1, 0.15) is 29.2 Å². The van der Waals surface area contributed by atoms with Gasteiger partial charge >= 0.3 is 6.09 Å². The van der Waals surface area contributed by atoms with E-state index in [0.29, 0.717) is 16.8 Å². The maximum absolute atomic E-state index is 14.1. The average Bonchev–Trinajstić information content (AvgIpc) is 2.88. The molecule has 3 aromatic rings. The molecular weight excluding hydrogens is 510 g/mol. The molecule has 0 aliphatic heterocycles. The van der Waals surface area contributed by atoms with Gasteiger partial charge in [0.05, 0.1) is 0 Å². The molecule has 0 fully saturated rings. The zero-order chi connectivity index (χ0) is 29.4. The number of carbonyl (C=O) groups is 3. The number of aryl methyl sites for hydroxylation is 1. The second-order valence-electron chi connectivity index (χ2n) is 10.5. The highest BCUT2D eigenvalue weighted by atomic mass is 16.6. The molecule has 9 nitrogen and oxygen atoms in total. The lowest BCUT2D eigenvalue weighted by Gasteiger charge is -2.34. The molecule has 3 aromatic carbocycles. The van der Waals surface area contributed by atoms with E-state index in [-0.39, 0.29) is 24.5 Å². The standard InChI is InChI=1S/C31H37N3O6/c1-6-34(27(22-13-17-24(36)18-14-22)28(37)32-25-10-8-7-9-20(25)2)29(38)26(33-30(39)40-31(3,4)5)19-21-11-15-23(35)16-12-21/h7-18,26-27,35-36H,6,19H2,1-5H3,(H,32,37)(H,33,39). The Labute approximate surface area is 234 Å². The lowest BCUT2D eigenvalue weighted by atomic mass is 10.00. The third-order valence-electron chi connectivity index (χ3n) is 6.16. The first-order chi connectivity index (χ1) is 18.9. The molecule has 0 spiro atoms. The maximum atomic E-state index is 14.1. The molecular formula is C31H37N3O6. The summed E-state index contributed by atoms with van der Waals surface area (Å²) in [5.74, 6) is -0.856. The third-order valence-corrected chi connectivity index (χ3v) is 6.16. The Morgan fingerprint density at radius 3 is 2.02 bits per heavy atom. The predicted molar refractivity (Wildman–Crippen MR) is 153 cm³/mol. The molecule has 3 rings (SSSR count). The van der Waals surface area contributed by atoms with E-state index in [4.69, 9.17) is 4.74 Å². The number of rotatable bonds is 9. The monoisotopic (exact) mass is 547 g/mol. The molecule has 40 heavy (non-hydrogen) atoms. The molecule has 3 amide bonds. The Kier molecular flexibility index (Phi) is 9.77.